The molecule has 1 N–H and O–H groups in total. The molecule has 0 heterocycles. The summed E-state index contributed by atoms with van der Waals surface area (Å²) in [6.07, 6.45) is 1.96. The van der Waals surface area contributed by atoms with Crippen LogP contribution in [0.5, 0.6) is 5.75 Å². The fourth-order valence-corrected chi connectivity index (χ4v) is 2.60. The lowest BCUT2D eigenvalue weighted by Gasteiger charge is -2.13. The van der Waals surface area contributed by atoms with E-state index in [1.165, 1.54) is 5.56 Å². The Labute approximate surface area is 122 Å². The van der Waals surface area contributed by atoms with Crippen LogP contribution in [-0.2, 0) is 16.3 Å². The summed E-state index contributed by atoms with van der Waals surface area (Å²) in [6.45, 7) is 4.30. The summed E-state index contributed by atoms with van der Waals surface area (Å²) in [5.74, 6) is 1.30. The molecule has 0 spiro atoms. The van der Waals surface area contributed by atoms with E-state index in [1.807, 2.05) is 12.1 Å². The van der Waals surface area contributed by atoms with Crippen molar-refractivity contribution >= 4 is 9.84 Å². The predicted octanol–water partition coefficient (Wildman–Crippen LogP) is 2.04. The number of hydrogen-bond acceptors (Lipinski definition) is 4. The highest BCUT2D eigenvalue weighted by Crippen LogP contribution is 2.13. The van der Waals surface area contributed by atoms with Gasteiger partial charge in [0.1, 0.15) is 5.75 Å². The van der Waals surface area contributed by atoms with Gasteiger partial charge < -0.3 is 10.1 Å². The quantitative estimate of drug-likeness (QED) is 0.758. The Morgan fingerprint density at radius 3 is 2.45 bits per heavy atom. The molecular weight excluding hydrogens is 274 g/mol. The Hall–Kier alpha value is -1.07. The molecule has 4 nitrogen and oxygen atoms in total. The second-order valence-electron chi connectivity index (χ2n) is 4.98. The van der Waals surface area contributed by atoms with Crippen molar-refractivity contribution in [2.75, 3.05) is 25.2 Å². The van der Waals surface area contributed by atoms with Crippen molar-refractivity contribution in [2.45, 2.75) is 32.7 Å². The van der Waals surface area contributed by atoms with Gasteiger partial charge in [0.15, 0.2) is 9.84 Å². The fourth-order valence-electron chi connectivity index (χ4n) is 1.88. The normalized spacial score (nSPS) is 13.2. The van der Waals surface area contributed by atoms with Crippen molar-refractivity contribution in [2.24, 2.45) is 0 Å². The van der Waals surface area contributed by atoms with Crippen LogP contribution in [0.1, 0.15) is 25.8 Å². The van der Waals surface area contributed by atoms with E-state index in [4.69, 9.17) is 4.74 Å². The van der Waals surface area contributed by atoms with Crippen molar-refractivity contribution in [1.82, 2.24) is 5.32 Å². The molecular formula is C15H25NO3S. The Morgan fingerprint density at radius 1 is 1.25 bits per heavy atom. The van der Waals surface area contributed by atoms with E-state index in [0.29, 0.717) is 12.6 Å². The second kappa shape index (κ2) is 8.27. The summed E-state index contributed by atoms with van der Waals surface area (Å²) in [6, 6.07) is 8.35. The zero-order chi connectivity index (χ0) is 15.0. The van der Waals surface area contributed by atoms with Gasteiger partial charge in [0.05, 0.1) is 12.9 Å². The maximum absolute atomic E-state index is 11.4. The Morgan fingerprint density at radius 2 is 1.90 bits per heavy atom. The van der Waals surface area contributed by atoms with Crippen LogP contribution in [-0.4, -0.2) is 39.6 Å². The Bertz CT molecular complexity index is 482. The molecule has 5 heteroatoms. The zero-order valence-electron chi connectivity index (χ0n) is 12.6. The van der Waals surface area contributed by atoms with E-state index in [2.05, 4.69) is 24.4 Å². The van der Waals surface area contributed by atoms with Gasteiger partial charge in [-0.3, -0.25) is 0 Å². The number of hydrogen-bond donors (Lipinski definition) is 1. The zero-order valence-corrected chi connectivity index (χ0v) is 13.4. The molecule has 1 atom stereocenters. The lowest BCUT2D eigenvalue weighted by Crippen LogP contribution is -2.31. The number of sulfone groups is 1. The van der Waals surface area contributed by atoms with Crippen LogP contribution >= 0.6 is 0 Å². The number of ether oxygens (including phenoxy) is 1. The molecule has 0 bridgehead atoms. The molecule has 0 aromatic heterocycles. The van der Waals surface area contributed by atoms with Crippen LogP contribution in [0.25, 0.3) is 0 Å². The monoisotopic (exact) mass is 299 g/mol. The summed E-state index contributed by atoms with van der Waals surface area (Å²) in [4.78, 5) is 0. The molecule has 1 aromatic rings. The van der Waals surface area contributed by atoms with Crippen molar-refractivity contribution in [3.8, 4) is 5.75 Å². The molecule has 0 amide bonds. The Kier molecular flexibility index (Phi) is 7.02. The maximum atomic E-state index is 11.4. The molecule has 0 radical (unpaired) electrons. The van der Waals surface area contributed by atoms with Crippen LogP contribution in [0.2, 0.25) is 0 Å². The van der Waals surface area contributed by atoms with Crippen LogP contribution in [0.3, 0.4) is 0 Å². The van der Waals surface area contributed by atoms with E-state index in [9.17, 15) is 8.42 Å². The van der Waals surface area contributed by atoms with E-state index < -0.39 is 9.84 Å². The average molecular weight is 299 g/mol. The van der Waals surface area contributed by atoms with Crippen LogP contribution in [0, 0.1) is 0 Å². The summed E-state index contributed by atoms with van der Waals surface area (Å²) < 4.78 is 27.9. The van der Waals surface area contributed by atoms with Gasteiger partial charge in [-0.05, 0) is 37.5 Å². The van der Waals surface area contributed by atoms with Crippen molar-refractivity contribution < 1.29 is 13.2 Å². The van der Waals surface area contributed by atoms with E-state index in [1.54, 1.807) is 14.0 Å². The molecule has 0 fully saturated rings. The molecule has 1 aromatic carbocycles. The molecule has 0 aliphatic heterocycles. The van der Waals surface area contributed by atoms with Crippen molar-refractivity contribution in [3.05, 3.63) is 29.8 Å². The number of methoxy groups -OCH3 is 1. The predicted molar refractivity (Wildman–Crippen MR) is 83.1 cm³/mol. The van der Waals surface area contributed by atoms with Gasteiger partial charge >= 0.3 is 0 Å². The van der Waals surface area contributed by atoms with E-state index >= 15 is 0 Å². The maximum Gasteiger partial charge on any atom is 0.151 e. The molecule has 1 rings (SSSR count). The number of aryl methyl sites for hydroxylation is 1. The van der Waals surface area contributed by atoms with Crippen LogP contribution in [0.4, 0.5) is 0 Å². The third kappa shape index (κ3) is 6.39. The first-order valence-electron chi connectivity index (χ1n) is 7.03. The van der Waals surface area contributed by atoms with Gasteiger partial charge in [0, 0.05) is 18.3 Å². The summed E-state index contributed by atoms with van der Waals surface area (Å²) in [5, 5.41) is 3.26. The lowest BCUT2D eigenvalue weighted by atomic mass is 10.1. The van der Waals surface area contributed by atoms with E-state index in [0.717, 1.165) is 18.6 Å². The van der Waals surface area contributed by atoms with Gasteiger partial charge in [-0.15, -0.1) is 0 Å². The highest BCUT2D eigenvalue weighted by molar-refractivity contribution is 7.91. The topological polar surface area (TPSA) is 55.4 Å². The average Bonchev–Trinajstić information content (AvgIpc) is 2.45. The van der Waals surface area contributed by atoms with Gasteiger partial charge in [-0.2, -0.15) is 0 Å². The largest absolute Gasteiger partial charge is 0.497 e. The molecule has 114 valence electrons. The standard InChI is InChI=1S/C15H25NO3S/c1-4-20(17,18)12-11-16-13(2)5-6-14-7-9-15(19-3)10-8-14/h7-10,13,16H,4-6,11-12H2,1-3H3. The van der Waals surface area contributed by atoms with Gasteiger partial charge in [-0.25, -0.2) is 8.42 Å². The lowest BCUT2D eigenvalue weighted by molar-refractivity contribution is 0.414. The number of rotatable bonds is 9. The minimum absolute atomic E-state index is 0.217. The summed E-state index contributed by atoms with van der Waals surface area (Å²) in [7, 11) is -1.21. The molecule has 0 saturated heterocycles. The Balaban J connectivity index is 2.27. The van der Waals surface area contributed by atoms with Crippen molar-refractivity contribution in [1.29, 1.82) is 0 Å². The SMILES string of the molecule is CCS(=O)(=O)CCNC(C)CCc1ccc(OC)cc1. The van der Waals surface area contributed by atoms with Gasteiger partial charge in [0.2, 0.25) is 0 Å². The first kappa shape index (κ1) is 17.0. The van der Waals surface area contributed by atoms with Gasteiger partial charge in [-0.1, -0.05) is 19.1 Å². The van der Waals surface area contributed by atoms with Gasteiger partial charge in [0.25, 0.3) is 0 Å². The minimum atomic E-state index is -2.87. The fraction of sp³-hybridized carbons (Fsp3) is 0.600. The molecule has 1 unspecified atom stereocenters. The second-order valence-corrected chi connectivity index (χ2v) is 7.45. The first-order chi connectivity index (χ1) is 9.46. The highest BCUT2D eigenvalue weighted by Gasteiger charge is 2.08. The molecule has 0 aliphatic rings. The highest BCUT2D eigenvalue weighted by atomic mass is 32.2. The van der Waals surface area contributed by atoms with Crippen LogP contribution < -0.4 is 10.1 Å². The number of nitrogens with one attached hydrogen (secondary N) is 1. The first-order valence-corrected chi connectivity index (χ1v) is 8.85. The minimum Gasteiger partial charge on any atom is -0.497 e. The van der Waals surface area contributed by atoms with Crippen molar-refractivity contribution in [3.63, 3.8) is 0 Å². The summed E-state index contributed by atoms with van der Waals surface area (Å²) >= 11 is 0. The van der Waals surface area contributed by atoms with Crippen LogP contribution in [0.15, 0.2) is 24.3 Å². The smallest absolute Gasteiger partial charge is 0.151 e. The third-order valence-corrected chi connectivity index (χ3v) is 5.08. The molecule has 0 aliphatic carbocycles. The molecule has 20 heavy (non-hydrogen) atoms. The third-order valence-electron chi connectivity index (χ3n) is 3.37. The number of benzene rings is 1. The van der Waals surface area contributed by atoms with E-state index in [-0.39, 0.29) is 11.5 Å². The molecule has 0 saturated carbocycles. The summed E-state index contributed by atoms with van der Waals surface area (Å²) in [5.41, 5.74) is 1.26.